The van der Waals surface area contributed by atoms with Crippen LogP contribution in [0.25, 0.3) is 0 Å². The van der Waals surface area contributed by atoms with Crippen molar-refractivity contribution < 1.29 is 23.5 Å². The molecular weight excluding hydrogens is 465 g/mol. The molecule has 0 aliphatic carbocycles. The molecular formula is C19H15BrFN3O4S. The lowest BCUT2D eigenvalue weighted by Crippen LogP contribution is -2.45. The zero-order valence-electron chi connectivity index (χ0n) is 15.2. The molecule has 2 aromatic rings. The van der Waals surface area contributed by atoms with Gasteiger partial charge >= 0.3 is 12.1 Å². The SMILES string of the molecule is CCOC(=O)C1=C2CCOC(=O)N2C(c2nccs2)=N[C@H]1c1ccc(F)cc1Br. The number of benzene rings is 1. The summed E-state index contributed by atoms with van der Waals surface area (Å²) in [5.74, 6) is -0.715. The van der Waals surface area contributed by atoms with Gasteiger partial charge in [-0.15, -0.1) is 11.3 Å². The minimum absolute atomic E-state index is 0.135. The lowest BCUT2D eigenvalue weighted by molar-refractivity contribution is -0.139. The molecule has 1 aromatic carbocycles. The molecule has 1 amide bonds. The maximum Gasteiger partial charge on any atom is 0.420 e. The van der Waals surface area contributed by atoms with E-state index in [9.17, 15) is 14.0 Å². The molecule has 29 heavy (non-hydrogen) atoms. The first-order valence-electron chi connectivity index (χ1n) is 8.81. The van der Waals surface area contributed by atoms with Crippen molar-refractivity contribution in [2.24, 2.45) is 4.99 Å². The van der Waals surface area contributed by atoms with E-state index in [-0.39, 0.29) is 24.6 Å². The average Bonchev–Trinajstić information content (AvgIpc) is 3.22. The number of cyclic esters (lactones) is 1. The summed E-state index contributed by atoms with van der Waals surface area (Å²) >= 11 is 4.67. The van der Waals surface area contributed by atoms with Crippen LogP contribution in [0.4, 0.5) is 9.18 Å². The van der Waals surface area contributed by atoms with Crippen LogP contribution in [0.2, 0.25) is 0 Å². The topological polar surface area (TPSA) is 81.1 Å². The Bertz CT molecular complexity index is 1040. The lowest BCUT2D eigenvalue weighted by Gasteiger charge is -2.36. The molecule has 0 bridgehead atoms. The number of hydrogen-bond acceptors (Lipinski definition) is 7. The zero-order valence-corrected chi connectivity index (χ0v) is 17.6. The van der Waals surface area contributed by atoms with Gasteiger partial charge in [-0.05, 0) is 24.6 Å². The minimum Gasteiger partial charge on any atom is -0.463 e. The molecule has 0 spiro atoms. The number of aromatic nitrogens is 1. The highest BCUT2D eigenvalue weighted by Gasteiger charge is 2.42. The first-order valence-corrected chi connectivity index (χ1v) is 10.5. The Morgan fingerprint density at radius 2 is 2.31 bits per heavy atom. The number of thiazole rings is 1. The quantitative estimate of drug-likeness (QED) is 0.613. The van der Waals surface area contributed by atoms with Crippen molar-refractivity contribution >= 4 is 45.2 Å². The molecule has 2 aliphatic heterocycles. The molecule has 2 aliphatic rings. The number of ether oxygens (including phenoxy) is 2. The number of halogens is 2. The van der Waals surface area contributed by atoms with Crippen LogP contribution < -0.4 is 0 Å². The zero-order chi connectivity index (χ0) is 20.5. The van der Waals surface area contributed by atoms with Crippen molar-refractivity contribution in [3.63, 3.8) is 0 Å². The van der Waals surface area contributed by atoms with E-state index < -0.39 is 23.9 Å². The fourth-order valence-electron chi connectivity index (χ4n) is 3.26. The van der Waals surface area contributed by atoms with Crippen LogP contribution in [0.1, 0.15) is 30.0 Å². The maximum absolute atomic E-state index is 13.7. The van der Waals surface area contributed by atoms with E-state index >= 15 is 0 Å². The first-order chi connectivity index (χ1) is 14.0. The second kappa shape index (κ2) is 8.03. The highest BCUT2D eigenvalue weighted by atomic mass is 79.9. The standard InChI is InChI=1S/C19H15BrFN3O4S/c1-2-27-18(25)14-13-5-7-28-19(26)24(13)16(17-22-6-8-29-17)23-15(14)11-4-3-10(21)9-12(11)20/h3-4,6,8-9,15H,2,5,7H2,1H3/t15-/m0/s1. The maximum atomic E-state index is 13.7. The smallest absolute Gasteiger partial charge is 0.420 e. The van der Waals surface area contributed by atoms with Gasteiger partial charge in [0, 0.05) is 28.2 Å². The van der Waals surface area contributed by atoms with E-state index in [1.165, 1.54) is 28.4 Å². The number of amidine groups is 1. The van der Waals surface area contributed by atoms with E-state index in [0.717, 1.165) is 0 Å². The summed E-state index contributed by atoms with van der Waals surface area (Å²) in [5, 5.41) is 2.27. The molecule has 1 atom stereocenters. The van der Waals surface area contributed by atoms with Crippen LogP contribution in [0.5, 0.6) is 0 Å². The summed E-state index contributed by atoms with van der Waals surface area (Å²) in [5.41, 5.74) is 1.27. The van der Waals surface area contributed by atoms with Crippen LogP contribution in [0.3, 0.4) is 0 Å². The molecule has 0 radical (unpaired) electrons. The van der Waals surface area contributed by atoms with Crippen molar-refractivity contribution in [2.45, 2.75) is 19.4 Å². The minimum atomic E-state index is -0.792. The Morgan fingerprint density at radius 1 is 1.48 bits per heavy atom. The van der Waals surface area contributed by atoms with Crippen molar-refractivity contribution in [2.75, 3.05) is 13.2 Å². The Hall–Kier alpha value is -2.59. The van der Waals surface area contributed by atoms with Crippen LogP contribution >= 0.6 is 27.3 Å². The fraction of sp³-hybridized carbons (Fsp3) is 0.263. The molecule has 0 unspecified atom stereocenters. The third-order valence-electron chi connectivity index (χ3n) is 4.44. The van der Waals surface area contributed by atoms with E-state index in [1.807, 2.05) is 0 Å². The van der Waals surface area contributed by atoms with E-state index in [1.54, 1.807) is 24.6 Å². The molecule has 1 aromatic heterocycles. The van der Waals surface area contributed by atoms with Crippen molar-refractivity contribution in [3.8, 4) is 0 Å². The number of carbonyl (C=O) groups excluding carboxylic acids is 2. The summed E-state index contributed by atoms with van der Waals surface area (Å²) in [6, 6.07) is 3.38. The fourth-order valence-corrected chi connectivity index (χ4v) is 4.45. The average molecular weight is 480 g/mol. The third kappa shape index (κ3) is 3.58. The molecule has 150 valence electrons. The number of fused-ring (bicyclic) bond motifs is 1. The van der Waals surface area contributed by atoms with Gasteiger partial charge in [-0.25, -0.2) is 23.9 Å². The predicted octanol–water partition coefficient (Wildman–Crippen LogP) is 4.21. The number of carbonyl (C=O) groups is 2. The highest BCUT2D eigenvalue weighted by Crippen LogP contribution is 2.41. The van der Waals surface area contributed by atoms with Crippen LogP contribution in [0.15, 0.2) is 50.5 Å². The number of nitrogens with zero attached hydrogens (tertiary/aromatic N) is 3. The van der Waals surface area contributed by atoms with Gasteiger partial charge in [0.15, 0.2) is 10.8 Å². The van der Waals surface area contributed by atoms with Crippen molar-refractivity contribution in [3.05, 3.63) is 61.9 Å². The van der Waals surface area contributed by atoms with Gasteiger partial charge in [0.1, 0.15) is 11.9 Å². The van der Waals surface area contributed by atoms with Crippen LogP contribution in [-0.4, -0.2) is 41.0 Å². The summed E-state index contributed by atoms with van der Waals surface area (Å²) in [4.78, 5) is 35.7. The van der Waals surface area contributed by atoms with E-state index in [4.69, 9.17) is 9.47 Å². The third-order valence-corrected chi connectivity index (χ3v) is 5.90. The monoisotopic (exact) mass is 479 g/mol. The summed E-state index contributed by atoms with van der Waals surface area (Å²) in [7, 11) is 0. The molecule has 7 nitrogen and oxygen atoms in total. The number of esters is 1. The summed E-state index contributed by atoms with van der Waals surface area (Å²) in [6.45, 7) is 2.00. The van der Waals surface area contributed by atoms with Gasteiger partial charge in [-0.2, -0.15) is 0 Å². The van der Waals surface area contributed by atoms with E-state index in [0.29, 0.717) is 27.2 Å². The Balaban J connectivity index is 1.95. The van der Waals surface area contributed by atoms with Gasteiger partial charge in [0.2, 0.25) is 0 Å². The Labute approximate surface area is 178 Å². The summed E-state index contributed by atoms with van der Waals surface area (Å²) < 4.78 is 24.6. The normalized spacial score (nSPS) is 18.9. The molecule has 1 fully saturated rings. The second-order valence-corrected chi connectivity index (χ2v) is 7.89. The Morgan fingerprint density at radius 3 is 3.00 bits per heavy atom. The van der Waals surface area contributed by atoms with Crippen molar-refractivity contribution in [1.82, 2.24) is 9.88 Å². The van der Waals surface area contributed by atoms with Crippen LogP contribution in [0, 0.1) is 5.82 Å². The predicted molar refractivity (Wildman–Crippen MR) is 107 cm³/mol. The molecule has 0 N–H and O–H groups in total. The number of amides is 1. The molecule has 1 saturated heterocycles. The first kappa shape index (κ1) is 19.7. The number of aliphatic imine (C=N–C) groups is 1. The number of hydrogen-bond donors (Lipinski definition) is 0. The molecule has 4 rings (SSSR count). The van der Waals surface area contributed by atoms with Gasteiger partial charge in [0.05, 0.1) is 18.8 Å². The van der Waals surface area contributed by atoms with Gasteiger partial charge in [-0.3, -0.25) is 4.99 Å². The van der Waals surface area contributed by atoms with Gasteiger partial charge < -0.3 is 9.47 Å². The number of rotatable bonds is 4. The molecule has 3 heterocycles. The summed E-state index contributed by atoms with van der Waals surface area (Å²) in [6.07, 6.45) is 1.29. The highest BCUT2D eigenvalue weighted by molar-refractivity contribution is 9.10. The second-order valence-electron chi connectivity index (χ2n) is 6.14. The lowest BCUT2D eigenvalue weighted by atomic mass is 9.93. The Kier molecular flexibility index (Phi) is 5.46. The van der Waals surface area contributed by atoms with Gasteiger partial charge in [0.25, 0.3) is 0 Å². The van der Waals surface area contributed by atoms with Gasteiger partial charge in [-0.1, -0.05) is 22.0 Å². The van der Waals surface area contributed by atoms with Crippen molar-refractivity contribution in [1.29, 1.82) is 0 Å². The van der Waals surface area contributed by atoms with E-state index in [2.05, 4.69) is 25.9 Å². The molecule has 0 saturated carbocycles. The van der Waals surface area contributed by atoms with Crippen LogP contribution in [-0.2, 0) is 14.3 Å². The largest absolute Gasteiger partial charge is 0.463 e. The molecule has 10 heteroatoms.